The van der Waals surface area contributed by atoms with Gasteiger partial charge in [-0.2, -0.15) is 5.01 Å². The van der Waals surface area contributed by atoms with Gasteiger partial charge in [-0.15, -0.1) is 0 Å². The van der Waals surface area contributed by atoms with E-state index in [0.29, 0.717) is 11.1 Å². The topological polar surface area (TPSA) is 20.3 Å². The Bertz CT molecular complexity index is 954. The van der Waals surface area contributed by atoms with Crippen LogP contribution in [0.4, 0.5) is 0 Å². The van der Waals surface area contributed by atoms with Crippen molar-refractivity contribution in [2.75, 3.05) is 13.1 Å². The van der Waals surface area contributed by atoms with Crippen molar-refractivity contribution in [1.29, 1.82) is 0 Å². The first kappa shape index (κ1) is 18.1. The monoisotopic (exact) mass is 383 g/mol. The first-order valence-electron chi connectivity index (χ1n) is 10.7. The molecule has 2 heterocycles. The zero-order chi connectivity index (χ0) is 19.7. The van der Waals surface area contributed by atoms with E-state index in [-0.39, 0.29) is 11.9 Å². The van der Waals surface area contributed by atoms with Crippen molar-refractivity contribution in [3.8, 4) is 0 Å². The minimum Gasteiger partial charge on any atom is -0.264 e. The molecule has 0 aliphatic carbocycles. The number of likely N-dealkylation sites (tertiary alicyclic amines) is 1. The number of fused-ring (bicyclic) bond motifs is 1. The van der Waals surface area contributed by atoms with Crippen molar-refractivity contribution in [2.24, 2.45) is 0 Å². The highest BCUT2D eigenvalue weighted by molar-refractivity contribution is 5.97. The third-order valence-electron chi connectivity index (χ3n) is 6.59. The maximum absolute atomic E-state index is 13.6. The Morgan fingerprint density at radius 3 is 1.83 bits per heavy atom. The summed E-state index contributed by atoms with van der Waals surface area (Å²) in [5.74, 6) is 0.180. The predicted molar refractivity (Wildman–Crippen MR) is 115 cm³/mol. The predicted octanol–water partition coefficient (Wildman–Crippen LogP) is 5.35. The van der Waals surface area contributed by atoms with Crippen molar-refractivity contribution in [3.63, 3.8) is 0 Å². The van der Waals surface area contributed by atoms with Gasteiger partial charge in [-0.25, -0.2) is 4.59 Å². The molecule has 5 rings (SSSR count). The van der Waals surface area contributed by atoms with Gasteiger partial charge in [-0.1, -0.05) is 78.9 Å². The lowest BCUT2D eigenvalue weighted by molar-refractivity contribution is -1.05. The number of nitrogens with zero attached hydrogens (tertiary/aromatic N) is 2. The maximum Gasteiger partial charge on any atom is 0.299 e. The molecule has 2 aliphatic heterocycles. The largest absolute Gasteiger partial charge is 0.299 e. The van der Waals surface area contributed by atoms with Crippen LogP contribution < -0.4 is 0 Å². The summed E-state index contributed by atoms with van der Waals surface area (Å²) in [5, 5.41) is 2.16. The fourth-order valence-corrected chi connectivity index (χ4v) is 5.28. The van der Waals surface area contributed by atoms with Gasteiger partial charge in [-0.05, 0) is 30.9 Å². The van der Waals surface area contributed by atoms with Crippen molar-refractivity contribution in [1.82, 2.24) is 5.01 Å². The van der Waals surface area contributed by atoms with Crippen LogP contribution in [0, 0.1) is 0 Å². The molecule has 0 radical (unpaired) electrons. The van der Waals surface area contributed by atoms with E-state index in [1.165, 1.54) is 17.5 Å². The Morgan fingerprint density at radius 2 is 1.24 bits per heavy atom. The van der Waals surface area contributed by atoms with Gasteiger partial charge in [0.15, 0.2) is 6.04 Å². The summed E-state index contributed by atoms with van der Waals surface area (Å²) in [4.78, 5) is 13.6. The molecule has 3 aromatic carbocycles. The fourth-order valence-electron chi connectivity index (χ4n) is 5.28. The van der Waals surface area contributed by atoms with Crippen LogP contribution in [-0.4, -0.2) is 28.6 Å². The molecule has 0 aromatic heterocycles. The molecule has 3 nitrogen and oxygen atoms in total. The van der Waals surface area contributed by atoms with Crippen LogP contribution in [0.1, 0.15) is 52.4 Å². The number of hydrogen-bond acceptors (Lipinski definition) is 1. The van der Waals surface area contributed by atoms with E-state index < -0.39 is 0 Å². The summed E-state index contributed by atoms with van der Waals surface area (Å²) in [6.07, 6.45) is 3.54. The van der Waals surface area contributed by atoms with Gasteiger partial charge >= 0.3 is 0 Å². The Morgan fingerprint density at radius 1 is 0.690 bits per heavy atom. The zero-order valence-corrected chi connectivity index (χ0v) is 16.7. The van der Waals surface area contributed by atoms with Crippen molar-refractivity contribution < 1.29 is 9.39 Å². The van der Waals surface area contributed by atoms with E-state index in [2.05, 4.69) is 71.7 Å². The maximum atomic E-state index is 13.6. The normalized spacial score (nSPS) is 18.1. The molecule has 29 heavy (non-hydrogen) atoms. The average Bonchev–Trinajstić information content (AvgIpc) is 3.13. The smallest absolute Gasteiger partial charge is 0.264 e. The van der Waals surface area contributed by atoms with Gasteiger partial charge in [-0.3, -0.25) is 4.79 Å². The minimum atomic E-state index is 0.121. The van der Waals surface area contributed by atoms with Crippen LogP contribution in [0.5, 0.6) is 0 Å². The Hall–Kier alpha value is -2.91. The number of piperidine rings is 1. The van der Waals surface area contributed by atoms with Crippen LogP contribution in [0.3, 0.4) is 0 Å². The molecule has 0 saturated carbocycles. The minimum absolute atomic E-state index is 0.121. The van der Waals surface area contributed by atoms with Crippen LogP contribution in [0.15, 0.2) is 84.9 Å². The number of hydrogen-bond donors (Lipinski definition) is 0. The van der Waals surface area contributed by atoms with E-state index in [0.717, 1.165) is 37.1 Å². The SMILES string of the molecule is O=C1c2ccccc2CN1[N+]1(C(c2ccccc2)c2ccccc2)CCCCC1. The Kier molecular flexibility index (Phi) is 4.69. The van der Waals surface area contributed by atoms with Gasteiger partial charge in [0.2, 0.25) is 0 Å². The molecule has 3 heteroatoms. The van der Waals surface area contributed by atoms with Crippen LogP contribution in [0.25, 0.3) is 0 Å². The molecule has 0 N–H and O–H groups in total. The summed E-state index contributed by atoms with van der Waals surface area (Å²) in [5.41, 5.74) is 4.59. The van der Waals surface area contributed by atoms with Crippen LogP contribution in [0.2, 0.25) is 0 Å². The molecule has 3 aromatic rings. The van der Waals surface area contributed by atoms with Gasteiger partial charge in [0.25, 0.3) is 5.91 Å². The van der Waals surface area contributed by atoms with Crippen molar-refractivity contribution in [2.45, 2.75) is 31.8 Å². The lowest BCUT2D eigenvalue weighted by atomic mass is 9.93. The second kappa shape index (κ2) is 7.49. The van der Waals surface area contributed by atoms with Crippen LogP contribution >= 0.6 is 0 Å². The highest BCUT2D eigenvalue weighted by atomic mass is 16.2. The number of amides is 1. The molecule has 0 bridgehead atoms. The highest BCUT2D eigenvalue weighted by Crippen LogP contribution is 2.43. The molecule has 0 spiro atoms. The van der Waals surface area contributed by atoms with Crippen LogP contribution in [-0.2, 0) is 6.54 Å². The fraction of sp³-hybridized carbons (Fsp3) is 0.269. The zero-order valence-electron chi connectivity index (χ0n) is 16.7. The molecule has 1 amide bonds. The molecule has 2 aliphatic rings. The second-order valence-electron chi connectivity index (χ2n) is 8.24. The van der Waals surface area contributed by atoms with E-state index in [4.69, 9.17) is 0 Å². The standard InChI is InChI=1S/C26H27N2O/c29-26-24-17-9-8-16-23(24)20-27(26)28(18-10-3-11-19-28)25(21-12-4-1-5-13-21)22-14-6-2-7-15-22/h1-2,4-9,12-17,25H,3,10-11,18-20H2/q+1. The Labute approximate surface area is 172 Å². The highest BCUT2D eigenvalue weighted by Gasteiger charge is 2.50. The first-order valence-corrected chi connectivity index (χ1v) is 10.7. The summed E-state index contributed by atoms with van der Waals surface area (Å²) < 4.78 is 0.696. The lowest BCUT2D eigenvalue weighted by Gasteiger charge is -2.51. The first-order chi connectivity index (χ1) is 14.3. The molecular weight excluding hydrogens is 356 g/mol. The molecule has 0 atom stereocenters. The summed E-state index contributed by atoms with van der Waals surface area (Å²) in [6.45, 7) is 2.69. The van der Waals surface area contributed by atoms with E-state index >= 15 is 0 Å². The number of quaternary nitrogens is 1. The number of benzene rings is 3. The van der Waals surface area contributed by atoms with Crippen molar-refractivity contribution in [3.05, 3.63) is 107 Å². The molecule has 1 saturated heterocycles. The second-order valence-corrected chi connectivity index (χ2v) is 8.24. The quantitative estimate of drug-likeness (QED) is 0.556. The third-order valence-corrected chi connectivity index (χ3v) is 6.59. The Balaban J connectivity index is 1.67. The molecular formula is C26H27N2O+. The molecule has 0 unspecified atom stereocenters. The van der Waals surface area contributed by atoms with E-state index in [1.54, 1.807) is 0 Å². The van der Waals surface area contributed by atoms with Gasteiger partial charge in [0, 0.05) is 16.7 Å². The van der Waals surface area contributed by atoms with Gasteiger partial charge in [0.05, 0.1) is 6.54 Å². The average molecular weight is 384 g/mol. The summed E-state index contributed by atoms with van der Waals surface area (Å²) in [6, 6.07) is 29.7. The summed E-state index contributed by atoms with van der Waals surface area (Å²) in [7, 11) is 0. The van der Waals surface area contributed by atoms with Crippen molar-refractivity contribution >= 4 is 5.91 Å². The van der Waals surface area contributed by atoms with E-state index in [9.17, 15) is 4.79 Å². The summed E-state index contributed by atoms with van der Waals surface area (Å²) >= 11 is 0. The number of carbonyl (C=O) groups excluding carboxylic acids is 1. The van der Waals surface area contributed by atoms with E-state index in [1.807, 2.05) is 18.2 Å². The lowest BCUT2D eigenvalue weighted by Crippen LogP contribution is -2.64. The number of carbonyl (C=O) groups is 1. The molecule has 1 fully saturated rings. The van der Waals surface area contributed by atoms with Gasteiger partial charge < -0.3 is 0 Å². The molecule has 146 valence electrons. The van der Waals surface area contributed by atoms with Gasteiger partial charge in [0.1, 0.15) is 13.1 Å². The number of rotatable bonds is 4. The third kappa shape index (κ3) is 3.06.